The average molecular weight is 360 g/mol. The van der Waals surface area contributed by atoms with E-state index in [0.717, 1.165) is 0 Å². The molecular formula is C27H22N+. The number of hydrogen-bond donors (Lipinski definition) is 0. The summed E-state index contributed by atoms with van der Waals surface area (Å²) in [5.74, 6) is 0. The van der Waals surface area contributed by atoms with Gasteiger partial charge in [0, 0.05) is 17.7 Å². The third-order valence-electron chi connectivity index (χ3n) is 5.65. The van der Waals surface area contributed by atoms with Crippen LogP contribution in [0.2, 0.25) is 0 Å². The minimum Gasteiger partial charge on any atom is -0.201 e. The number of benzene rings is 4. The highest BCUT2D eigenvalue weighted by molar-refractivity contribution is 6.08. The van der Waals surface area contributed by atoms with Crippen LogP contribution in [0.1, 0.15) is 5.56 Å². The van der Waals surface area contributed by atoms with Crippen molar-refractivity contribution in [2.24, 2.45) is 7.05 Å². The second-order valence-electron chi connectivity index (χ2n) is 7.45. The van der Waals surface area contributed by atoms with Gasteiger partial charge in [-0.15, -0.1) is 0 Å². The molecule has 0 radical (unpaired) electrons. The largest absolute Gasteiger partial charge is 0.212 e. The predicted molar refractivity (Wildman–Crippen MR) is 118 cm³/mol. The third-order valence-corrected chi connectivity index (χ3v) is 5.65. The summed E-state index contributed by atoms with van der Waals surface area (Å²) in [5, 5.41) is 5.19. The Kier molecular flexibility index (Phi) is 3.95. The molecule has 0 unspecified atom stereocenters. The van der Waals surface area contributed by atoms with Crippen molar-refractivity contribution in [3.05, 3.63) is 103 Å². The summed E-state index contributed by atoms with van der Waals surface area (Å²) in [6.07, 6.45) is 2.10. The minimum absolute atomic E-state index is 1.23. The maximum absolute atomic E-state index is 2.31. The number of fused-ring (bicyclic) bond motifs is 3. The van der Waals surface area contributed by atoms with Crippen molar-refractivity contribution in [3.8, 4) is 22.4 Å². The molecule has 4 aromatic carbocycles. The van der Waals surface area contributed by atoms with Gasteiger partial charge in [0.05, 0.1) is 0 Å². The molecule has 1 aromatic heterocycles. The lowest BCUT2D eigenvalue weighted by molar-refractivity contribution is -0.660. The summed E-state index contributed by atoms with van der Waals surface area (Å²) in [6.45, 7) is 2.18. The lowest BCUT2D eigenvalue weighted by Crippen LogP contribution is -2.30. The molecule has 0 saturated carbocycles. The minimum atomic E-state index is 1.23. The van der Waals surface area contributed by atoms with Crippen LogP contribution in [0.4, 0.5) is 0 Å². The summed E-state index contributed by atoms with van der Waals surface area (Å²) in [6, 6.07) is 33.0. The van der Waals surface area contributed by atoms with Crippen molar-refractivity contribution >= 4 is 21.5 Å². The van der Waals surface area contributed by atoms with Crippen LogP contribution in [0, 0.1) is 6.92 Å². The topological polar surface area (TPSA) is 3.88 Å². The van der Waals surface area contributed by atoms with E-state index in [-0.39, 0.29) is 0 Å². The Bertz CT molecular complexity index is 1330. The summed E-state index contributed by atoms with van der Waals surface area (Å²) in [7, 11) is 2.10. The van der Waals surface area contributed by atoms with Crippen LogP contribution in [-0.2, 0) is 7.05 Å². The lowest BCUT2D eigenvalue weighted by Gasteiger charge is -2.10. The Balaban J connectivity index is 1.67. The van der Waals surface area contributed by atoms with E-state index in [1.165, 1.54) is 49.5 Å². The van der Waals surface area contributed by atoms with Gasteiger partial charge in [-0.2, -0.15) is 0 Å². The molecule has 28 heavy (non-hydrogen) atoms. The third kappa shape index (κ3) is 2.76. The van der Waals surface area contributed by atoms with Crippen LogP contribution in [-0.4, -0.2) is 0 Å². The highest BCUT2D eigenvalue weighted by Crippen LogP contribution is 2.32. The molecule has 0 fully saturated rings. The van der Waals surface area contributed by atoms with Gasteiger partial charge in [-0.3, -0.25) is 0 Å². The first-order valence-corrected chi connectivity index (χ1v) is 9.68. The zero-order chi connectivity index (χ0) is 19.1. The second kappa shape index (κ2) is 6.61. The second-order valence-corrected chi connectivity index (χ2v) is 7.45. The van der Waals surface area contributed by atoms with Crippen molar-refractivity contribution < 1.29 is 4.57 Å². The molecule has 1 heterocycles. The zero-order valence-electron chi connectivity index (χ0n) is 16.2. The SMILES string of the molecule is Cc1ccc(-c2ccc3c(ccc4ccccc43)c2)cc1-c1cccc[n+]1C. The molecule has 1 heteroatoms. The van der Waals surface area contributed by atoms with Gasteiger partial charge in [0.25, 0.3) is 0 Å². The van der Waals surface area contributed by atoms with E-state index in [1.807, 2.05) is 0 Å². The van der Waals surface area contributed by atoms with E-state index < -0.39 is 0 Å². The lowest BCUT2D eigenvalue weighted by atomic mass is 9.94. The van der Waals surface area contributed by atoms with Crippen LogP contribution in [0.3, 0.4) is 0 Å². The molecule has 1 nitrogen and oxygen atoms in total. The van der Waals surface area contributed by atoms with Crippen molar-refractivity contribution in [1.29, 1.82) is 0 Å². The first-order valence-electron chi connectivity index (χ1n) is 9.68. The number of aromatic nitrogens is 1. The van der Waals surface area contributed by atoms with Gasteiger partial charge in [0.1, 0.15) is 7.05 Å². The van der Waals surface area contributed by atoms with Crippen molar-refractivity contribution in [2.45, 2.75) is 6.92 Å². The molecule has 0 aliphatic carbocycles. The van der Waals surface area contributed by atoms with Crippen LogP contribution < -0.4 is 4.57 Å². The van der Waals surface area contributed by atoms with Crippen molar-refractivity contribution in [2.75, 3.05) is 0 Å². The fraction of sp³-hybridized carbons (Fsp3) is 0.0741. The van der Waals surface area contributed by atoms with Gasteiger partial charge in [-0.05, 0) is 63.4 Å². The fourth-order valence-electron chi connectivity index (χ4n) is 4.07. The van der Waals surface area contributed by atoms with E-state index >= 15 is 0 Å². The molecule has 5 aromatic rings. The van der Waals surface area contributed by atoms with E-state index in [1.54, 1.807) is 0 Å². The van der Waals surface area contributed by atoms with Gasteiger partial charge in [0.2, 0.25) is 5.69 Å². The summed E-state index contributed by atoms with van der Waals surface area (Å²) in [4.78, 5) is 0. The Morgan fingerprint density at radius 2 is 1.32 bits per heavy atom. The first kappa shape index (κ1) is 16.7. The normalized spacial score (nSPS) is 11.2. The molecule has 134 valence electrons. The van der Waals surface area contributed by atoms with Gasteiger partial charge in [-0.1, -0.05) is 60.7 Å². The van der Waals surface area contributed by atoms with E-state index in [0.29, 0.717) is 0 Å². The first-order chi connectivity index (χ1) is 13.7. The molecule has 0 amide bonds. The number of hydrogen-bond acceptors (Lipinski definition) is 0. The van der Waals surface area contributed by atoms with Crippen LogP contribution >= 0.6 is 0 Å². The van der Waals surface area contributed by atoms with Crippen molar-refractivity contribution in [1.82, 2.24) is 0 Å². The molecule has 0 aliphatic heterocycles. The fourth-order valence-corrected chi connectivity index (χ4v) is 4.07. The Hall–Kier alpha value is -3.45. The molecule has 0 spiro atoms. The highest BCUT2D eigenvalue weighted by atomic mass is 14.9. The molecule has 0 aliphatic rings. The molecule has 0 N–H and O–H groups in total. The maximum atomic E-state index is 2.31. The molecule has 0 bridgehead atoms. The van der Waals surface area contributed by atoms with E-state index in [2.05, 4.69) is 116 Å². The number of aryl methyl sites for hydroxylation is 2. The maximum Gasteiger partial charge on any atom is 0.212 e. The van der Waals surface area contributed by atoms with Gasteiger partial charge >= 0.3 is 0 Å². The van der Waals surface area contributed by atoms with Crippen LogP contribution in [0.5, 0.6) is 0 Å². The Morgan fingerprint density at radius 3 is 2.21 bits per heavy atom. The monoisotopic (exact) mass is 360 g/mol. The number of nitrogens with zero attached hydrogens (tertiary/aromatic N) is 1. The smallest absolute Gasteiger partial charge is 0.201 e. The molecule has 5 rings (SSSR count). The zero-order valence-corrected chi connectivity index (χ0v) is 16.2. The van der Waals surface area contributed by atoms with Gasteiger partial charge in [-0.25, -0.2) is 4.57 Å². The van der Waals surface area contributed by atoms with Gasteiger partial charge in [0.15, 0.2) is 6.20 Å². The highest BCUT2D eigenvalue weighted by Gasteiger charge is 2.13. The van der Waals surface area contributed by atoms with Gasteiger partial charge < -0.3 is 0 Å². The standard InChI is InChI=1S/C27H22N/c1-19-10-11-22(18-26(19)27-9-5-6-16-28(27)2)21-14-15-25-23(17-21)13-12-20-7-3-4-8-24(20)25/h3-18H,1-2H3/q+1. The average Bonchev–Trinajstić information content (AvgIpc) is 2.74. The summed E-state index contributed by atoms with van der Waals surface area (Å²) in [5.41, 5.74) is 6.30. The Morgan fingerprint density at radius 1 is 0.607 bits per heavy atom. The molecule has 0 atom stereocenters. The quantitative estimate of drug-likeness (QED) is 0.251. The van der Waals surface area contributed by atoms with Crippen LogP contribution in [0.25, 0.3) is 43.9 Å². The summed E-state index contributed by atoms with van der Waals surface area (Å²) < 4.78 is 2.18. The number of rotatable bonds is 2. The van der Waals surface area contributed by atoms with Crippen LogP contribution in [0.15, 0.2) is 97.2 Å². The van der Waals surface area contributed by atoms with Crippen molar-refractivity contribution in [3.63, 3.8) is 0 Å². The Labute approximate surface area is 165 Å². The molecule has 0 saturated heterocycles. The molecular weight excluding hydrogens is 338 g/mol. The summed E-state index contributed by atoms with van der Waals surface area (Å²) >= 11 is 0. The number of pyridine rings is 1. The van der Waals surface area contributed by atoms with E-state index in [9.17, 15) is 0 Å². The van der Waals surface area contributed by atoms with E-state index in [4.69, 9.17) is 0 Å². The predicted octanol–water partition coefficient (Wildman–Crippen LogP) is 6.46.